The zero-order valence-corrected chi connectivity index (χ0v) is 14.9. The highest BCUT2D eigenvalue weighted by molar-refractivity contribution is 6.04. The third kappa shape index (κ3) is 3.10. The molecule has 0 spiro atoms. The number of H-pyrrole nitrogens is 1. The Labute approximate surface area is 152 Å². The van der Waals surface area contributed by atoms with Crippen molar-refractivity contribution in [3.8, 4) is 0 Å². The van der Waals surface area contributed by atoms with Crippen LogP contribution in [-0.2, 0) is 10.2 Å². The molecule has 3 aromatic rings. The molecule has 1 aliphatic heterocycles. The van der Waals surface area contributed by atoms with E-state index in [0.717, 1.165) is 42.5 Å². The van der Waals surface area contributed by atoms with Crippen molar-refractivity contribution < 1.29 is 9.53 Å². The van der Waals surface area contributed by atoms with Crippen LogP contribution in [0.1, 0.15) is 34.5 Å². The number of amides is 1. The summed E-state index contributed by atoms with van der Waals surface area (Å²) in [5, 5.41) is 11.2. The van der Waals surface area contributed by atoms with Crippen LogP contribution in [0.5, 0.6) is 0 Å². The standard InChI is InChI=1S/C21H23N3O2/c1-15-7-8-18-17(13-15)19(24-23-18)20(25)22-14-21(9-11-26-12-10-21)16-5-3-2-4-6-16/h2-8,13H,9-12,14H2,1H3,(H,22,25)(H,23,24). The average Bonchev–Trinajstić information content (AvgIpc) is 3.11. The number of carbonyl (C=O) groups excluding carboxylic acids is 1. The molecule has 0 radical (unpaired) electrons. The second-order valence-corrected chi connectivity index (χ2v) is 7.06. The molecule has 0 saturated carbocycles. The largest absolute Gasteiger partial charge is 0.381 e. The summed E-state index contributed by atoms with van der Waals surface area (Å²) in [6.45, 7) is 4.03. The first-order chi connectivity index (χ1) is 12.7. The topological polar surface area (TPSA) is 67.0 Å². The molecule has 2 heterocycles. The molecule has 134 valence electrons. The molecule has 0 unspecified atom stereocenters. The van der Waals surface area contributed by atoms with Gasteiger partial charge in [-0.25, -0.2) is 0 Å². The SMILES string of the molecule is Cc1ccc2[nH]nc(C(=O)NCC3(c4ccccc4)CCOCC3)c2c1. The van der Waals surface area contributed by atoms with Gasteiger partial charge in [-0.3, -0.25) is 9.89 Å². The second-order valence-electron chi connectivity index (χ2n) is 7.06. The summed E-state index contributed by atoms with van der Waals surface area (Å²) in [4.78, 5) is 12.8. The van der Waals surface area contributed by atoms with Crippen molar-refractivity contribution in [2.24, 2.45) is 0 Å². The zero-order valence-electron chi connectivity index (χ0n) is 14.9. The van der Waals surface area contributed by atoms with Gasteiger partial charge in [0.2, 0.25) is 0 Å². The van der Waals surface area contributed by atoms with E-state index < -0.39 is 0 Å². The fourth-order valence-corrected chi connectivity index (χ4v) is 3.76. The van der Waals surface area contributed by atoms with Crippen LogP contribution in [-0.4, -0.2) is 35.9 Å². The fourth-order valence-electron chi connectivity index (χ4n) is 3.76. The number of carbonyl (C=O) groups is 1. The number of nitrogens with zero attached hydrogens (tertiary/aromatic N) is 1. The van der Waals surface area contributed by atoms with Crippen LogP contribution < -0.4 is 5.32 Å². The Morgan fingerprint density at radius 3 is 2.73 bits per heavy atom. The van der Waals surface area contributed by atoms with Gasteiger partial charge in [-0.1, -0.05) is 42.0 Å². The summed E-state index contributed by atoms with van der Waals surface area (Å²) >= 11 is 0. The number of aromatic amines is 1. The van der Waals surface area contributed by atoms with Crippen LogP contribution in [0.15, 0.2) is 48.5 Å². The first kappa shape index (κ1) is 16.8. The molecule has 0 bridgehead atoms. The van der Waals surface area contributed by atoms with Crippen LogP contribution >= 0.6 is 0 Å². The minimum atomic E-state index is -0.136. The quantitative estimate of drug-likeness (QED) is 0.759. The summed E-state index contributed by atoms with van der Waals surface area (Å²) in [6.07, 6.45) is 1.80. The van der Waals surface area contributed by atoms with Crippen LogP contribution in [0.2, 0.25) is 0 Å². The maximum Gasteiger partial charge on any atom is 0.272 e. The van der Waals surface area contributed by atoms with E-state index in [4.69, 9.17) is 4.74 Å². The molecule has 2 N–H and O–H groups in total. The molecule has 1 fully saturated rings. The van der Waals surface area contributed by atoms with Crippen molar-refractivity contribution in [1.82, 2.24) is 15.5 Å². The summed E-state index contributed by atoms with van der Waals surface area (Å²) in [5.74, 6) is -0.136. The van der Waals surface area contributed by atoms with Gasteiger partial charge in [0.25, 0.3) is 5.91 Å². The highest BCUT2D eigenvalue weighted by Gasteiger charge is 2.35. The average molecular weight is 349 g/mol. The van der Waals surface area contributed by atoms with Crippen LogP contribution in [0.4, 0.5) is 0 Å². The second kappa shape index (κ2) is 6.92. The smallest absolute Gasteiger partial charge is 0.272 e. The molecule has 26 heavy (non-hydrogen) atoms. The van der Waals surface area contributed by atoms with E-state index in [1.807, 2.05) is 31.2 Å². The Balaban J connectivity index is 1.57. The monoisotopic (exact) mass is 349 g/mol. The van der Waals surface area contributed by atoms with Gasteiger partial charge in [-0.05, 0) is 37.5 Å². The Bertz CT molecular complexity index is 911. The minimum absolute atomic E-state index is 0.0861. The van der Waals surface area contributed by atoms with Gasteiger partial charge >= 0.3 is 0 Å². The normalized spacial score (nSPS) is 16.5. The Morgan fingerprint density at radius 2 is 1.96 bits per heavy atom. The highest BCUT2D eigenvalue weighted by Crippen LogP contribution is 2.34. The lowest BCUT2D eigenvalue weighted by atomic mass is 9.74. The number of aromatic nitrogens is 2. The van der Waals surface area contributed by atoms with Crippen molar-refractivity contribution in [3.05, 3.63) is 65.4 Å². The fraction of sp³-hybridized carbons (Fsp3) is 0.333. The molecule has 2 aromatic carbocycles. The van der Waals surface area contributed by atoms with Gasteiger partial charge in [-0.2, -0.15) is 5.10 Å². The number of hydrogen-bond donors (Lipinski definition) is 2. The molecular formula is C21H23N3O2. The lowest BCUT2D eigenvalue weighted by Gasteiger charge is -2.37. The molecule has 0 aliphatic carbocycles. The van der Waals surface area contributed by atoms with Gasteiger partial charge in [-0.15, -0.1) is 0 Å². The van der Waals surface area contributed by atoms with E-state index in [9.17, 15) is 4.79 Å². The van der Waals surface area contributed by atoms with Crippen LogP contribution in [0, 0.1) is 6.92 Å². The van der Waals surface area contributed by atoms with Gasteiger partial charge in [0.05, 0.1) is 5.52 Å². The number of benzene rings is 2. The molecule has 1 aromatic heterocycles. The summed E-state index contributed by atoms with van der Waals surface area (Å²) < 4.78 is 5.57. The van der Waals surface area contributed by atoms with E-state index in [-0.39, 0.29) is 11.3 Å². The number of fused-ring (bicyclic) bond motifs is 1. The van der Waals surface area contributed by atoms with Crippen molar-refractivity contribution >= 4 is 16.8 Å². The molecule has 5 nitrogen and oxygen atoms in total. The maximum absolute atomic E-state index is 12.8. The molecule has 0 atom stereocenters. The van der Waals surface area contributed by atoms with Crippen molar-refractivity contribution in [1.29, 1.82) is 0 Å². The first-order valence-electron chi connectivity index (χ1n) is 9.04. The number of nitrogens with one attached hydrogen (secondary N) is 2. The Morgan fingerprint density at radius 1 is 1.19 bits per heavy atom. The Kier molecular flexibility index (Phi) is 4.47. The zero-order chi connectivity index (χ0) is 18.0. The lowest BCUT2D eigenvalue weighted by Crippen LogP contribution is -2.44. The van der Waals surface area contributed by atoms with E-state index >= 15 is 0 Å². The summed E-state index contributed by atoms with van der Waals surface area (Å²) in [5.41, 5.74) is 3.62. The highest BCUT2D eigenvalue weighted by atomic mass is 16.5. The third-order valence-corrected chi connectivity index (χ3v) is 5.36. The van der Waals surface area contributed by atoms with E-state index in [1.165, 1.54) is 5.56 Å². The van der Waals surface area contributed by atoms with Gasteiger partial charge in [0, 0.05) is 30.6 Å². The summed E-state index contributed by atoms with van der Waals surface area (Å²) in [6, 6.07) is 16.4. The van der Waals surface area contributed by atoms with Gasteiger partial charge in [0.15, 0.2) is 5.69 Å². The predicted molar refractivity (Wildman–Crippen MR) is 101 cm³/mol. The number of aryl methyl sites for hydroxylation is 1. The predicted octanol–water partition coefficient (Wildman–Crippen LogP) is 3.35. The number of ether oxygens (including phenoxy) is 1. The first-order valence-corrected chi connectivity index (χ1v) is 9.04. The van der Waals surface area contributed by atoms with Crippen LogP contribution in [0.25, 0.3) is 10.9 Å². The van der Waals surface area contributed by atoms with Gasteiger partial charge in [0.1, 0.15) is 0 Å². The third-order valence-electron chi connectivity index (χ3n) is 5.36. The summed E-state index contributed by atoms with van der Waals surface area (Å²) in [7, 11) is 0. The van der Waals surface area contributed by atoms with E-state index in [0.29, 0.717) is 12.2 Å². The minimum Gasteiger partial charge on any atom is -0.381 e. The number of rotatable bonds is 4. The van der Waals surface area contributed by atoms with E-state index in [2.05, 4.69) is 39.8 Å². The maximum atomic E-state index is 12.8. The number of hydrogen-bond acceptors (Lipinski definition) is 3. The van der Waals surface area contributed by atoms with Crippen molar-refractivity contribution in [2.75, 3.05) is 19.8 Å². The molecule has 4 rings (SSSR count). The molecule has 1 amide bonds. The molecular weight excluding hydrogens is 326 g/mol. The molecule has 1 saturated heterocycles. The van der Waals surface area contributed by atoms with E-state index in [1.54, 1.807) is 0 Å². The lowest BCUT2D eigenvalue weighted by molar-refractivity contribution is 0.0487. The van der Waals surface area contributed by atoms with Crippen molar-refractivity contribution in [3.63, 3.8) is 0 Å². The molecule has 1 aliphatic rings. The van der Waals surface area contributed by atoms with Crippen molar-refractivity contribution in [2.45, 2.75) is 25.2 Å². The van der Waals surface area contributed by atoms with Gasteiger partial charge < -0.3 is 10.1 Å². The van der Waals surface area contributed by atoms with Crippen LogP contribution in [0.3, 0.4) is 0 Å². The molecule has 5 heteroatoms. The Hall–Kier alpha value is -2.66.